The van der Waals surface area contributed by atoms with E-state index in [2.05, 4.69) is 47.2 Å². The lowest BCUT2D eigenvalue weighted by atomic mass is 9.90. The number of hydrogen-bond acceptors (Lipinski definition) is 21. The maximum atomic E-state index is 16.1. The minimum Gasteiger partial charge on any atom is -0.481 e. The van der Waals surface area contributed by atoms with Crippen LogP contribution >= 0.6 is 11.8 Å². The molecule has 1 heterocycles. The van der Waals surface area contributed by atoms with E-state index in [1.807, 2.05) is 16.0 Å². The lowest BCUT2D eigenvalue weighted by Gasteiger charge is -2.34. The molecule has 0 saturated heterocycles. The molecule has 46 heteroatoms. The van der Waals surface area contributed by atoms with Crippen LogP contribution in [-0.4, -0.2) is 211 Å². The summed E-state index contributed by atoms with van der Waals surface area (Å²) in [5.74, 6) is -48.7. The van der Waals surface area contributed by atoms with Gasteiger partial charge in [-0.1, -0.05) is 72.8 Å². The fourth-order valence-corrected chi connectivity index (χ4v) is 13.8. The van der Waals surface area contributed by atoms with E-state index in [1.165, 1.54) is 50.6 Å². The summed E-state index contributed by atoms with van der Waals surface area (Å²) in [7, 11) is -6.84. The minimum absolute atomic E-state index is 0.0628. The molecule has 644 valence electrons. The number of carboxylic acids is 2. The summed E-state index contributed by atoms with van der Waals surface area (Å²) >= 11 is -0.547. The number of benzene rings is 5. The Labute approximate surface area is 672 Å². The molecule has 5 aromatic carbocycles. The van der Waals surface area contributed by atoms with Gasteiger partial charge in [0, 0.05) is 37.6 Å². The number of nitrogens with one attached hydrogen (secondary N) is 11. The monoisotopic (exact) mass is 1730 g/mol. The lowest BCUT2D eigenvalue weighted by Crippen LogP contribution is -2.67. The molecule has 1 unspecified atom stereocenters. The number of nitrogens with two attached hydrogens (primary N) is 2. The molecule has 0 spiro atoms. The largest absolute Gasteiger partial charge is 0.481 e. The maximum absolute atomic E-state index is 16.1. The average molecular weight is 1730 g/mol. The Bertz CT molecular complexity index is 4910. The zero-order chi connectivity index (χ0) is 89.3. The van der Waals surface area contributed by atoms with Gasteiger partial charge in [0.1, 0.15) is 68.5 Å². The Morgan fingerprint density at radius 3 is 1.58 bits per heavy atom. The van der Waals surface area contributed by atoms with Crippen molar-refractivity contribution in [3.8, 4) is 11.1 Å². The molecule has 1 aromatic heterocycles. The number of imidazole rings is 1. The van der Waals surface area contributed by atoms with E-state index in [0.717, 1.165) is 38.5 Å². The molecule has 6 rings (SSSR count). The number of aromatic amines is 1. The number of amides is 11. The van der Waals surface area contributed by atoms with Crippen molar-refractivity contribution in [2.45, 2.75) is 166 Å². The van der Waals surface area contributed by atoms with Gasteiger partial charge in [-0.2, -0.15) is 0 Å². The molecule has 0 fully saturated rings. The van der Waals surface area contributed by atoms with Gasteiger partial charge in [0.25, 0.3) is 0 Å². The molecule has 0 radical (unpaired) electrons. The van der Waals surface area contributed by atoms with Crippen LogP contribution in [0.1, 0.15) is 77.6 Å². The summed E-state index contributed by atoms with van der Waals surface area (Å²) in [5, 5.41) is 72.9. The predicted molar refractivity (Wildman–Crippen MR) is 393 cm³/mol. The van der Waals surface area contributed by atoms with E-state index < -0.39 is 294 Å². The molecular weight excluding hydrogens is 1650 g/mol. The molecule has 0 aliphatic heterocycles. The van der Waals surface area contributed by atoms with Crippen molar-refractivity contribution < 1.29 is 140 Å². The number of halogens is 10. The molecule has 119 heavy (non-hydrogen) atoms. The number of carboxylic acid groups (broad SMARTS) is 2. The molecule has 20 N–H and O–H groups in total. The number of aliphatic carboxylic acids is 2. The van der Waals surface area contributed by atoms with Crippen molar-refractivity contribution >= 4 is 98.5 Å². The number of rotatable bonds is 41. The molecule has 0 aliphatic carbocycles. The Morgan fingerprint density at radius 2 is 1.05 bits per heavy atom. The van der Waals surface area contributed by atoms with Crippen LogP contribution in [-0.2, 0) is 91.4 Å². The van der Waals surface area contributed by atoms with Gasteiger partial charge >= 0.3 is 11.9 Å². The van der Waals surface area contributed by atoms with Crippen molar-refractivity contribution in [3.05, 3.63) is 166 Å². The van der Waals surface area contributed by atoms with Crippen molar-refractivity contribution in [3.63, 3.8) is 0 Å². The highest BCUT2D eigenvalue weighted by Gasteiger charge is 2.47. The Hall–Kier alpha value is -12.1. The number of carbonyl (C=O) groups excluding carboxylic acids is 11. The topological polar surface area (TPSA) is 558 Å². The van der Waals surface area contributed by atoms with E-state index in [4.69, 9.17) is 11.5 Å². The number of nitrogens with zero attached hydrogens (tertiary/aromatic N) is 1. The van der Waals surface area contributed by atoms with Crippen LogP contribution in [0.5, 0.6) is 0 Å². The van der Waals surface area contributed by atoms with Crippen LogP contribution in [0.4, 0.5) is 43.9 Å². The first-order valence-corrected chi connectivity index (χ1v) is 37.6. The molecule has 0 bridgehead atoms. The van der Waals surface area contributed by atoms with E-state index in [-0.39, 0.29) is 17.5 Å². The molecular formula is C73H80F10N14O20S2. The summed E-state index contributed by atoms with van der Waals surface area (Å²) in [4.78, 5) is 176. The summed E-state index contributed by atoms with van der Waals surface area (Å²) in [6.45, 7) is 3.16. The normalized spacial score (nSPS) is 14.8. The molecule has 11 atom stereocenters. The zero-order valence-corrected chi connectivity index (χ0v) is 64.9. The van der Waals surface area contributed by atoms with Crippen LogP contribution in [0.3, 0.4) is 0 Å². The lowest BCUT2D eigenvalue weighted by molar-refractivity contribution is -0.142. The van der Waals surface area contributed by atoms with Gasteiger partial charge < -0.3 is 95.2 Å². The van der Waals surface area contributed by atoms with Crippen molar-refractivity contribution in [1.82, 2.24) is 63.1 Å². The number of sulfone groups is 1. The van der Waals surface area contributed by atoms with Crippen LogP contribution < -0.4 is 64.6 Å². The highest BCUT2D eigenvalue weighted by Crippen LogP contribution is 2.40. The van der Waals surface area contributed by atoms with Gasteiger partial charge in [-0.05, 0) is 76.3 Å². The Balaban J connectivity index is 1.24. The number of H-pyrrole nitrogens is 1. The number of primary amides is 1. The number of carbonyl (C=O) groups is 13. The Morgan fingerprint density at radius 1 is 0.538 bits per heavy atom. The van der Waals surface area contributed by atoms with Crippen molar-refractivity contribution in [1.29, 1.82) is 0 Å². The van der Waals surface area contributed by atoms with Crippen molar-refractivity contribution in [2.75, 3.05) is 18.9 Å². The number of aliphatic hydroxyl groups excluding tert-OH is 3. The summed E-state index contributed by atoms with van der Waals surface area (Å²) in [6.07, 6.45) is -5.59. The second kappa shape index (κ2) is 40.8. The quantitative estimate of drug-likeness (QED) is 0.00770. The highest BCUT2D eigenvalue weighted by atomic mass is 32.2. The van der Waals surface area contributed by atoms with Crippen LogP contribution in [0.25, 0.3) is 11.1 Å². The van der Waals surface area contributed by atoms with E-state index in [1.54, 1.807) is 42.5 Å². The van der Waals surface area contributed by atoms with E-state index >= 15 is 22.0 Å². The third-order valence-corrected chi connectivity index (χ3v) is 21.0. The SMILES string of the molecule is C[C@@H](O)[C@H](NC(=O)CNC(=O)[C@H](CCC(=O)O)NC(=O)C(C)(C)NC(=O)[C@@H](N)Cc1c[nH]cn1)C(=O)N[C@@](C)(Cc1ccccc1F)C(=O)N[C@H](C(=O)N[C@@H](CO)C(=O)N[C@@H](CC(=O)O)C(=O)NC(C)(CSc1c(F)c(F)c(S(=O)(=O)c2c(F)c(F)c(F)c(F)c2F)c(F)c1F)C(=O)N[C@@H](Cc1ccc(-c2ccccc2)cc1)C(N)=O)[C@@H](C)O. The number of aliphatic hydroxyl groups is 3. The number of aromatic nitrogens is 2. The second-order valence-electron chi connectivity index (χ2n) is 27.8. The molecule has 11 amide bonds. The summed E-state index contributed by atoms with van der Waals surface area (Å²) < 4.78 is 178. The highest BCUT2D eigenvalue weighted by molar-refractivity contribution is 7.99. The number of thioether (sulfide) groups is 1. The average Bonchev–Trinajstić information content (AvgIpc) is 0.956. The second-order valence-corrected chi connectivity index (χ2v) is 30.6. The van der Waals surface area contributed by atoms with Gasteiger partial charge in [0.2, 0.25) is 80.6 Å². The first-order chi connectivity index (χ1) is 55.5. The van der Waals surface area contributed by atoms with Crippen molar-refractivity contribution in [2.24, 2.45) is 11.5 Å². The standard InChI is InChI=1S/C73H80F10N14O20S2/c1-31(99)56(94-69(114)72(5,25-36-14-10-11-15-38(36)74)97-67(112)57(32(2)100)93-44(101)27-87-63(108)40(20-21-45(102)103)91-68(113)71(3,4)95-62(107)39(84)23-37-26-86-30-88-37)66(111)90-43(28-98)64(109)89-42(24-46(104)105)65(110)96-73(6,70(115)92-41(61(85)106)22-33-16-18-35(19-17-33)34-12-8-7-9-13-34)29-118-58-50(78)54(82)60(55(83)51(58)79)119(116,117)59-52(80)48(76)47(75)49(77)53(59)81/h7-19,26,30-32,39-43,56-57,98-100H,20-25,27-29,84H2,1-6H3,(H2,85,106)(H,86,88)(H,87,108)(H,89,109)(H,90,111)(H,91,113)(H,92,115)(H,93,101)(H,94,114)(H,95,107)(H,96,110)(H,97,112)(H,102,103)(H,104,105)/t31-,32-,39+,40+,41+,42+,43+,56+,57+,72+,73?/m1/s1. The van der Waals surface area contributed by atoms with Gasteiger partial charge in [-0.3, -0.25) is 62.3 Å². The van der Waals surface area contributed by atoms with Crippen LogP contribution in [0.2, 0.25) is 0 Å². The maximum Gasteiger partial charge on any atom is 0.305 e. The first kappa shape index (κ1) is 95.7. The predicted octanol–water partition coefficient (Wildman–Crippen LogP) is -0.304. The van der Waals surface area contributed by atoms with Crippen LogP contribution in [0, 0.1) is 58.2 Å². The third kappa shape index (κ3) is 24.5. The van der Waals surface area contributed by atoms with Gasteiger partial charge in [-0.15, -0.1) is 11.8 Å². The summed E-state index contributed by atoms with van der Waals surface area (Å²) in [5.41, 5.74) is 5.91. The van der Waals surface area contributed by atoms with Crippen LogP contribution in [0.15, 0.2) is 106 Å². The summed E-state index contributed by atoms with van der Waals surface area (Å²) in [6, 6.07) is 5.02. The molecule has 0 saturated carbocycles. The third-order valence-electron chi connectivity index (χ3n) is 17.8. The zero-order valence-electron chi connectivity index (χ0n) is 63.3. The fraction of sp³-hybridized carbons (Fsp3) is 0.370. The smallest absolute Gasteiger partial charge is 0.305 e. The molecule has 0 aliphatic rings. The molecule has 6 aromatic rings. The first-order valence-electron chi connectivity index (χ1n) is 35.1. The Kier molecular flexibility index (Phi) is 32.8. The van der Waals surface area contributed by atoms with Gasteiger partial charge in [0.15, 0.2) is 46.5 Å². The van der Waals surface area contributed by atoms with E-state index in [0.29, 0.717) is 18.2 Å². The fourth-order valence-electron chi connectivity index (χ4n) is 11.2. The molecule has 34 nitrogen and oxygen atoms in total. The van der Waals surface area contributed by atoms with Gasteiger partial charge in [0.05, 0.1) is 54.7 Å². The number of hydrogen-bond donors (Lipinski definition) is 18. The minimum atomic E-state index is -6.84. The van der Waals surface area contributed by atoms with E-state index in [9.17, 15) is 118 Å². The van der Waals surface area contributed by atoms with Gasteiger partial charge in [-0.25, -0.2) is 57.3 Å².